The first-order valence-electron chi connectivity index (χ1n) is 11.0. The number of phenolic OH excluding ortho intramolecular Hbond substituents is 1. The molecular formula is C26H19F2NO8. The van der Waals surface area contributed by atoms with E-state index in [9.17, 15) is 48.7 Å². The molecule has 0 radical (unpaired) electrons. The number of carbonyl (C=O) groups excluding carboxylic acids is 3. The molecule has 7 N–H and O–H groups in total. The largest absolute Gasteiger partial charge is 0.511 e. The van der Waals surface area contributed by atoms with E-state index in [1.165, 1.54) is 24.3 Å². The molecule has 190 valence electrons. The first-order chi connectivity index (χ1) is 17.4. The van der Waals surface area contributed by atoms with Crippen molar-refractivity contribution in [2.45, 2.75) is 18.1 Å². The number of rotatable bonds is 2. The van der Waals surface area contributed by atoms with Crippen molar-refractivity contribution in [1.82, 2.24) is 0 Å². The van der Waals surface area contributed by atoms with Crippen LogP contribution in [0.2, 0.25) is 0 Å². The number of primary amides is 1. The number of hydrogen-bond acceptors (Lipinski definition) is 8. The summed E-state index contributed by atoms with van der Waals surface area (Å²) in [6.07, 6.45) is -1.33. The molecule has 9 nitrogen and oxygen atoms in total. The van der Waals surface area contributed by atoms with Crippen molar-refractivity contribution in [3.63, 3.8) is 0 Å². The van der Waals surface area contributed by atoms with Crippen molar-refractivity contribution in [3.8, 4) is 5.75 Å². The second-order valence-corrected chi connectivity index (χ2v) is 9.12. The van der Waals surface area contributed by atoms with Crippen LogP contribution in [0.3, 0.4) is 0 Å². The summed E-state index contributed by atoms with van der Waals surface area (Å²) >= 11 is 0. The van der Waals surface area contributed by atoms with Crippen LogP contribution < -0.4 is 5.73 Å². The number of nitrogens with two attached hydrogens (primary N) is 1. The van der Waals surface area contributed by atoms with Gasteiger partial charge in [0.05, 0.1) is 17.2 Å². The molecule has 3 aliphatic carbocycles. The summed E-state index contributed by atoms with van der Waals surface area (Å²) in [5.41, 5.74) is 0.0242. The topological polar surface area (TPSA) is 178 Å². The van der Waals surface area contributed by atoms with Gasteiger partial charge in [0.15, 0.2) is 11.4 Å². The maximum atomic E-state index is 14.6. The van der Waals surface area contributed by atoms with E-state index in [-0.39, 0.29) is 22.3 Å². The van der Waals surface area contributed by atoms with Crippen molar-refractivity contribution >= 4 is 29.1 Å². The minimum absolute atomic E-state index is 0.00345. The van der Waals surface area contributed by atoms with E-state index in [2.05, 4.69) is 0 Å². The Balaban J connectivity index is 1.83. The van der Waals surface area contributed by atoms with Gasteiger partial charge in [0.25, 0.3) is 5.91 Å². The van der Waals surface area contributed by atoms with Gasteiger partial charge in [-0.1, -0.05) is 12.1 Å². The molecule has 0 unspecified atom stereocenters. The molecule has 0 fully saturated rings. The maximum Gasteiger partial charge on any atom is 0.255 e. The summed E-state index contributed by atoms with van der Waals surface area (Å²) < 4.78 is 28.1. The average molecular weight is 511 g/mol. The Morgan fingerprint density at radius 2 is 1.81 bits per heavy atom. The number of hydrogen-bond donors (Lipinski definition) is 6. The Hall–Kier alpha value is -4.35. The fourth-order valence-electron chi connectivity index (χ4n) is 5.47. The predicted octanol–water partition coefficient (Wildman–Crippen LogP) is 1.83. The number of aromatic hydroxyl groups is 1. The lowest BCUT2D eigenvalue weighted by atomic mass is 9.57. The minimum atomic E-state index is -3.01. The van der Waals surface area contributed by atoms with Crippen LogP contribution in [-0.4, -0.2) is 54.7 Å². The zero-order valence-corrected chi connectivity index (χ0v) is 18.8. The number of ketones is 2. The van der Waals surface area contributed by atoms with Crippen LogP contribution in [0.25, 0.3) is 11.6 Å². The number of Topliss-reactive ketones (excluding diaryl/α,β-unsaturated/α-hetero) is 2. The fraction of sp³-hybridized carbons (Fsp3) is 0.192. The lowest BCUT2D eigenvalue weighted by molar-refractivity contribution is -0.152. The lowest BCUT2D eigenvalue weighted by Crippen LogP contribution is -2.62. The number of amides is 1. The molecule has 0 saturated heterocycles. The molecule has 1 amide bonds. The highest BCUT2D eigenvalue weighted by molar-refractivity contribution is 6.25. The lowest BCUT2D eigenvalue weighted by Gasteiger charge is -2.49. The third-order valence-corrected chi connectivity index (χ3v) is 7.17. The summed E-state index contributed by atoms with van der Waals surface area (Å²) in [7, 11) is 0. The van der Waals surface area contributed by atoms with E-state index in [0.29, 0.717) is 6.07 Å². The van der Waals surface area contributed by atoms with Gasteiger partial charge in [0, 0.05) is 29.9 Å². The van der Waals surface area contributed by atoms with Crippen LogP contribution in [0.5, 0.6) is 5.75 Å². The van der Waals surface area contributed by atoms with Gasteiger partial charge in [-0.15, -0.1) is 0 Å². The van der Waals surface area contributed by atoms with Crippen molar-refractivity contribution in [2.24, 2.45) is 17.6 Å². The Labute approximate surface area is 207 Å². The molecule has 0 aliphatic heterocycles. The first kappa shape index (κ1) is 24.3. The molecule has 0 heterocycles. The van der Waals surface area contributed by atoms with Gasteiger partial charge in [-0.05, 0) is 35.4 Å². The molecule has 4 atom stereocenters. The number of aliphatic hydroxyl groups excluding tert-OH is 3. The van der Waals surface area contributed by atoms with E-state index in [1.807, 2.05) is 0 Å². The first-order valence-corrected chi connectivity index (χ1v) is 11.0. The van der Waals surface area contributed by atoms with Crippen LogP contribution >= 0.6 is 0 Å². The third-order valence-electron chi connectivity index (χ3n) is 7.17. The number of phenols is 1. The van der Waals surface area contributed by atoms with E-state index in [0.717, 1.165) is 12.1 Å². The van der Waals surface area contributed by atoms with Crippen LogP contribution in [0.4, 0.5) is 8.78 Å². The molecule has 0 aromatic heterocycles. The Morgan fingerprint density at radius 3 is 2.46 bits per heavy atom. The van der Waals surface area contributed by atoms with E-state index in [1.54, 1.807) is 0 Å². The highest BCUT2D eigenvalue weighted by atomic mass is 19.1. The summed E-state index contributed by atoms with van der Waals surface area (Å²) in [5, 5.41) is 54.7. The number of benzene rings is 2. The van der Waals surface area contributed by atoms with Crippen molar-refractivity contribution in [1.29, 1.82) is 0 Å². The van der Waals surface area contributed by atoms with E-state index < -0.39 is 87.5 Å². The molecule has 2 aromatic carbocycles. The Morgan fingerprint density at radius 1 is 1.11 bits per heavy atom. The van der Waals surface area contributed by atoms with Crippen LogP contribution in [0.1, 0.15) is 27.9 Å². The average Bonchev–Trinajstić information content (AvgIpc) is 2.82. The molecule has 5 rings (SSSR count). The molecule has 3 aliphatic rings. The van der Waals surface area contributed by atoms with Gasteiger partial charge in [0.1, 0.15) is 34.5 Å². The number of fused-ring (bicyclic) bond motifs is 3. The smallest absolute Gasteiger partial charge is 0.255 e. The Kier molecular flexibility index (Phi) is 5.32. The molecule has 2 aromatic rings. The van der Waals surface area contributed by atoms with Gasteiger partial charge in [-0.25, -0.2) is 8.78 Å². The van der Waals surface area contributed by atoms with Crippen molar-refractivity contribution in [3.05, 3.63) is 87.4 Å². The van der Waals surface area contributed by atoms with Gasteiger partial charge < -0.3 is 31.3 Å². The zero-order chi connectivity index (χ0) is 27.0. The van der Waals surface area contributed by atoms with Crippen molar-refractivity contribution < 1.29 is 48.7 Å². The monoisotopic (exact) mass is 511 g/mol. The predicted molar refractivity (Wildman–Crippen MR) is 123 cm³/mol. The molecule has 0 bridgehead atoms. The number of allylic oxidation sites excluding steroid dienone is 1. The molecule has 0 saturated carbocycles. The number of halogens is 2. The van der Waals surface area contributed by atoms with E-state index in [4.69, 9.17) is 5.73 Å². The minimum Gasteiger partial charge on any atom is -0.511 e. The fourth-order valence-corrected chi connectivity index (χ4v) is 5.47. The second kappa shape index (κ2) is 8.08. The van der Waals surface area contributed by atoms with Crippen LogP contribution in [-0.2, 0) is 9.59 Å². The molecule has 0 spiro atoms. The highest BCUT2D eigenvalue weighted by Crippen LogP contribution is 2.55. The van der Waals surface area contributed by atoms with E-state index >= 15 is 0 Å². The maximum absolute atomic E-state index is 14.6. The highest BCUT2D eigenvalue weighted by Gasteiger charge is 2.63. The molecular weight excluding hydrogens is 492 g/mol. The molecule has 37 heavy (non-hydrogen) atoms. The summed E-state index contributed by atoms with van der Waals surface area (Å²) in [4.78, 5) is 38.4. The van der Waals surface area contributed by atoms with Gasteiger partial charge >= 0.3 is 0 Å². The third kappa shape index (κ3) is 3.24. The SMILES string of the molecule is NC(=O)C1=C(O)C[C@@H]2[C@@H](O)[C@H]3C(=C(O)[C@]2(O)C1=O)C(=O)c1c(O)cccc1/C3=C\c1ccc(F)cc1F. The zero-order valence-electron chi connectivity index (χ0n) is 18.8. The summed E-state index contributed by atoms with van der Waals surface area (Å²) in [6, 6.07) is 6.64. The van der Waals surface area contributed by atoms with Gasteiger partial charge in [0.2, 0.25) is 5.78 Å². The van der Waals surface area contributed by atoms with Crippen molar-refractivity contribution in [2.75, 3.05) is 0 Å². The quantitative estimate of drug-likeness (QED) is 0.331. The number of aliphatic hydroxyl groups is 4. The van der Waals surface area contributed by atoms with Crippen LogP contribution in [0.15, 0.2) is 59.1 Å². The van der Waals surface area contributed by atoms with Gasteiger partial charge in [-0.3, -0.25) is 14.4 Å². The normalized spacial score (nSPS) is 28.2. The molecule has 11 heteroatoms. The van der Waals surface area contributed by atoms with Crippen LogP contribution in [0, 0.1) is 23.5 Å². The summed E-state index contributed by atoms with van der Waals surface area (Å²) in [6.45, 7) is 0. The standard InChI is InChI=1S/C26H19F2NO8/c27-10-5-4-9(14(28)7-10)6-12-11-2-1-3-15(30)17(11)22(33)20-18(12)21(32)13-8-16(31)19(25(29)36)23(34)26(13,37)24(20)35/h1-7,13,18,21,30-32,35,37H,8H2,(H2,29,36)/b12-6+/t13-,18-,21-,26-/m1/s1. The Bertz CT molecular complexity index is 1520. The second-order valence-electron chi connectivity index (χ2n) is 9.12. The van der Waals surface area contributed by atoms with Gasteiger partial charge in [-0.2, -0.15) is 0 Å². The summed E-state index contributed by atoms with van der Waals surface area (Å²) in [5.74, 6) is -11.5. The number of carbonyl (C=O) groups is 3.